The molecule has 1 fully saturated rings. The van der Waals surface area contributed by atoms with Crippen molar-refractivity contribution >= 4 is 23.1 Å². The lowest BCUT2D eigenvalue weighted by Gasteiger charge is -2.30. The first-order chi connectivity index (χ1) is 10.8. The first kappa shape index (κ1) is 15.1. The van der Waals surface area contributed by atoms with Gasteiger partial charge in [-0.05, 0) is 30.2 Å². The number of anilines is 2. The molecule has 1 aliphatic rings. The molecule has 4 nitrogen and oxygen atoms in total. The molecule has 0 spiro atoms. The van der Waals surface area contributed by atoms with Crippen molar-refractivity contribution in [2.45, 2.75) is 13.5 Å². The fourth-order valence-corrected chi connectivity index (χ4v) is 2.79. The van der Waals surface area contributed by atoms with Gasteiger partial charge in [0.2, 0.25) is 0 Å². The predicted octanol–water partition coefficient (Wildman–Crippen LogP) is 3.49. The molecule has 2 aromatic rings. The number of pyridine rings is 1. The van der Waals surface area contributed by atoms with E-state index in [4.69, 9.17) is 16.3 Å². The Morgan fingerprint density at radius 2 is 2.00 bits per heavy atom. The molecule has 0 amide bonds. The molecular weight excluding hydrogens is 298 g/mol. The second-order valence-corrected chi connectivity index (χ2v) is 5.75. The van der Waals surface area contributed by atoms with Crippen molar-refractivity contribution in [3.05, 3.63) is 52.7 Å². The van der Waals surface area contributed by atoms with Crippen molar-refractivity contribution in [1.82, 2.24) is 4.98 Å². The predicted molar refractivity (Wildman–Crippen MR) is 90.8 cm³/mol. The number of nitrogens with one attached hydrogen (secondary N) is 1. The number of aromatic nitrogens is 1. The summed E-state index contributed by atoms with van der Waals surface area (Å²) in [6.45, 7) is 6.11. The van der Waals surface area contributed by atoms with Gasteiger partial charge < -0.3 is 15.0 Å². The van der Waals surface area contributed by atoms with Crippen molar-refractivity contribution in [3.8, 4) is 0 Å². The van der Waals surface area contributed by atoms with Gasteiger partial charge >= 0.3 is 0 Å². The molecule has 0 unspecified atom stereocenters. The highest BCUT2D eigenvalue weighted by molar-refractivity contribution is 6.33. The van der Waals surface area contributed by atoms with E-state index in [0.29, 0.717) is 11.6 Å². The van der Waals surface area contributed by atoms with Crippen LogP contribution in [0, 0.1) is 6.92 Å². The number of ether oxygens (including phenoxy) is 1. The average Bonchev–Trinajstić information content (AvgIpc) is 2.57. The van der Waals surface area contributed by atoms with Gasteiger partial charge in [-0.25, -0.2) is 4.98 Å². The van der Waals surface area contributed by atoms with Crippen molar-refractivity contribution in [2.24, 2.45) is 0 Å². The number of halogens is 1. The third-order valence-electron chi connectivity index (χ3n) is 3.87. The third-order valence-corrected chi connectivity index (χ3v) is 4.35. The summed E-state index contributed by atoms with van der Waals surface area (Å²) >= 11 is 6.30. The van der Waals surface area contributed by atoms with Crippen LogP contribution in [0.15, 0.2) is 36.5 Å². The number of aryl methyl sites for hydroxylation is 1. The van der Waals surface area contributed by atoms with Gasteiger partial charge in [0.15, 0.2) is 0 Å². The molecule has 0 aliphatic carbocycles. The number of nitrogens with zero attached hydrogens (tertiary/aromatic N) is 2. The summed E-state index contributed by atoms with van der Waals surface area (Å²) in [4.78, 5) is 6.69. The van der Waals surface area contributed by atoms with Crippen LogP contribution in [0.4, 0.5) is 11.5 Å². The minimum absolute atomic E-state index is 0.686. The van der Waals surface area contributed by atoms with Gasteiger partial charge in [-0.15, -0.1) is 0 Å². The number of para-hydroxylation sites is 1. The Balaban J connectivity index is 1.76. The monoisotopic (exact) mass is 317 g/mol. The SMILES string of the molecule is Cc1ccnc(NCc2ccccc2N2CCOCC2)c1Cl. The van der Waals surface area contributed by atoms with Crippen molar-refractivity contribution in [2.75, 3.05) is 36.5 Å². The van der Waals surface area contributed by atoms with E-state index in [9.17, 15) is 0 Å². The first-order valence-corrected chi connectivity index (χ1v) is 7.89. The van der Waals surface area contributed by atoms with E-state index in [1.807, 2.05) is 13.0 Å². The van der Waals surface area contributed by atoms with Crippen LogP contribution in [0.5, 0.6) is 0 Å². The largest absolute Gasteiger partial charge is 0.378 e. The summed E-state index contributed by atoms with van der Waals surface area (Å²) in [6, 6.07) is 10.3. The van der Waals surface area contributed by atoms with E-state index in [2.05, 4.69) is 39.5 Å². The van der Waals surface area contributed by atoms with Crippen molar-refractivity contribution < 1.29 is 4.74 Å². The maximum absolute atomic E-state index is 6.30. The number of rotatable bonds is 4. The molecule has 5 heteroatoms. The second kappa shape index (κ2) is 6.99. The molecule has 116 valence electrons. The lowest BCUT2D eigenvalue weighted by atomic mass is 10.1. The van der Waals surface area contributed by atoms with Gasteiger partial charge in [0.25, 0.3) is 0 Å². The van der Waals surface area contributed by atoms with E-state index >= 15 is 0 Å². The maximum atomic E-state index is 6.30. The van der Waals surface area contributed by atoms with Crippen LogP contribution in [-0.4, -0.2) is 31.3 Å². The molecule has 0 saturated carbocycles. The highest BCUT2D eigenvalue weighted by atomic mass is 35.5. The molecular formula is C17H20ClN3O. The zero-order valence-electron chi connectivity index (χ0n) is 12.7. The van der Waals surface area contributed by atoms with E-state index in [1.165, 1.54) is 11.3 Å². The van der Waals surface area contributed by atoms with E-state index < -0.39 is 0 Å². The van der Waals surface area contributed by atoms with Crippen LogP contribution in [0.1, 0.15) is 11.1 Å². The van der Waals surface area contributed by atoms with Gasteiger partial charge in [0.1, 0.15) is 5.82 Å². The summed E-state index contributed by atoms with van der Waals surface area (Å²) in [5.41, 5.74) is 3.52. The maximum Gasteiger partial charge on any atom is 0.145 e. The van der Waals surface area contributed by atoms with Gasteiger partial charge in [-0.2, -0.15) is 0 Å². The number of morpholine rings is 1. The minimum Gasteiger partial charge on any atom is -0.378 e. The summed E-state index contributed by atoms with van der Waals surface area (Å²) in [6.07, 6.45) is 1.78. The summed E-state index contributed by atoms with van der Waals surface area (Å²) in [7, 11) is 0. The molecule has 3 rings (SSSR count). The van der Waals surface area contributed by atoms with E-state index in [0.717, 1.165) is 37.7 Å². The number of hydrogen-bond donors (Lipinski definition) is 1. The molecule has 1 N–H and O–H groups in total. The molecule has 1 aliphatic heterocycles. The van der Waals surface area contributed by atoms with Gasteiger partial charge in [-0.1, -0.05) is 29.8 Å². The zero-order chi connectivity index (χ0) is 15.4. The van der Waals surface area contributed by atoms with Gasteiger partial charge in [0, 0.05) is 31.5 Å². The fourth-order valence-electron chi connectivity index (χ4n) is 2.62. The number of hydrogen-bond acceptors (Lipinski definition) is 4. The van der Waals surface area contributed by atoms with Crippen LogP contribution in [0.3, 0.4) is 0 Å². The van der Waals surface area contributed by atoms with Crippen molar-refractivity contribution in [1.29, 1.82) is 0 Å². The highest BCUT2D eigenvalue weighted by Crippen LogP contribution is 2.26. The van der Waals surface area contributed by atoms with Gasteiger partial charge in [0.05, 0.1) is 18.2 Å². The molecule has 0 bridgehead atoms. The zero-order valence-corrected chi connectivity index (χ0v) is 13.4. The Morgan fingerprint density at radius 3 is 2.82 bits per heavy atom. The number of benzene rings is 1. The van der Waals surface area contributed by atoms with E-state index in [1.54, 1.807) is 6.20 Å². The van der Waals surface area contributed by atoms with Crippen LogP contribution >= 0.6 is 11.6 Å². The molecule has 1 saturated heterocycles. The van der Waals surface area contributed by atoms with Crippen LogP contribution in [-0.2, 0) is 11.3 Å². The van der Waals surface area contributed by atoms with Crippen LogP contribution in [0.25, 0.3) is 0 Å². The highest BCUT2D eigenvalue weighted by Gasteiger charge is 2.14. The average molecular weight is 318 g/mol. The Hall–Kier alpha value is -1.78. The fraction of sp³-hybridized carbons (Fsp3) is 0.353. The van der Waals surface area contributed by atoms with E-state index in [-0.39, 0.29) is 0 Å². The third kappa shape index (κ3) is 3.34. The molecule has 0 radical (unpaired) electrons. The minimum atomic E-state index is 0.686. The Labute approximate surface area is 136 Å². The van der Waals surface area contributed by atoms with Crippen molar-refractivity contribution in [3.63, 3.8) is 0 Å². The molecule has 2 heterocycles. The standard InChI is InChI=1S/C17H20ClN3O/c1-13-6-7-19-17(16(13)18)20-12-14-4-2-3-5-15(14)21-8-10-22-11-9-21/h2-7H,8-12H2,1H3,(H,19,20). The molecule has 1 aromatic heterocycles. The molecule has 22 heavy (non-hydrogen) atoms. The first-order valence-electron chi connectivity index (χ1n) is 7.51. The molecule has 1 aromatic carbocycles. The smallest absolute Gasteiger partial charge is 0.145 e. The Kier molecular flexibility index (Phi) is 4.80. The summed E-state index contributed by atoms with van der Waals surface area (Å²) in [5.74, 6) is 0.735. The normalized spacial score (nSPS) is 14.9. The van der Waals surface area contributed by atoms with Crippen LogP contribution < -0.4 is 10.2 Å². The van der Waals surface area contributed by atoms with Crippen LogP contribution in [0.2, 0.25) is 5.02 Å². The second-order valence-electron chi connectivity index (χ2n) is 5.37. The molecule has 0 atom stereocenters. The Bertz CT molecular complexity index is 642. The Morgan fingerprint density at radius 1 is 1.23 bits per heavy atom. The quantitative estimate of drug-likeness (QED) is 0.936. The lowest BCUT2D eigenvalue weighted by Crippen LogP contribution is -2.36. The topological polar surface area (TPSA) is 37.4 Å². The summed E-state index contributed by atoms with van der Waals surface area (Å²) < 4.78 is 5.43. The summed E-state index contributed by atoms with van der Waals surface area (Å²) in [5, 5.41) is 4.04. The lowest BCUT2D eigenvalue weighted by molar-refractivity contribution is 0.122. The van der Waals surface area contributed by atoms with Gasteiger partial charge in [-0.3, -0.25) is 0 Å².